The van der Waals surface area contributed by atoms with Crippen LogP contribution < -0.4 is 0 Å². The molecule has 0 aliphatic carbocycles. The molecule has 0 N–H and O–H groups in total. The van der Waals surface area contributed by atoms with Crippen molar-refractivity contribution in [1.82, 2.24) is 9.55 Å². The average molecular weight is 148 g/mol. The molecule has 2 heteroatoms. The van der Waals surface area contributed by atoms with E-state index < -0.39 is 0 Å². The van der Waals surface area contributed by atoms with Gasteiger partial charge in [0.15, 0.2) is 0 Å². The first kappa shape index (κ1) is 7.79. The van der Waals surface area contributed by atoms with E-state index in [-0.39, 0.29) is 0 Å². The van der Waals surface area contributed by atoms with Crippen LogP contribution in [0, 0.1) is 0 Å². The summed E-state index contributed by atoms with van der Waals surface area (Å²) in [6.45, 7) is 5.72. The summed E-state index contributed by atoms with van der Waals surface area (Å²) in [7, 11) is 1.96. The Labute approximate surface area is 66.9 Å². The summed E-state index contributed by atoms with van der Waals surface area (Å²) in [5, 5.41) is 0. The number of rotatable bonds is 2. The van der Waals surface area contributed by atoms with Gasteiger partial charge >= 0.3 is 0 Å². The lowest BCUT2D eigenvalue weighted by atomic mass is 10.3. The van der Waals surface area contributed by atoms with Crippen LogP contribution >= 0.6 is 0 Å². The highest BCUT2D eigenvalue weighted by atomic mass is 15.0. The van der Waals surface area contributed by atoms with Gasteiger partial charge in [-0.1, -0.05) is 18.2 Å². The molecule has 11 heavy (non-hydrogen) atoms. The second-order valence-electron chi connectivity index (χ2n) is 2.58. The second kappa shape index (κ2) is 3.19. The molecule has 2 nitrogen and oxygen atoms in total. The van der Waals surface area contributed by atoms with Gasteiger partial charge in [0.2, 0.25) is 0 Å². The Bertz CT molecular complexity index is 282. The molecule has 1 heterocycles. The van der Waals surface area contributed by atoms with Gasteiger partial charge < -0.3 is 4.57 Å². The summed E-state index contributed by atoms with van der Waals surface area (Å²) < 4.78 is 1.96. The van der Waals surface area contributed by atoms with Crippen LogP contribution in [-0.4, -0.2) is 9.55 Å². The molecule has 0 fully saturated rings. The van der Waals surface area contributed by atoms with Crippen molar-refractivity contribution in [2.75, 3.05) is 0 Å². The Kier molecular flexibility index (Phi) is 2.26. The van der Waals surface area contributed by atoms with E-state index in [1.54, 1.807) is 6.20 Å². The van der Waals surface area contributed by atoms with Crippen molar-refractivity contribution >= 4 is 6.08 Å². The highest BCUT2D eigenvalue weighted by Crippen LogP contribution is 1.99. The molecule has 1 rings (SSSR count). The lowest BCUT2D eigenvalue weighted by Gasteiger charge is -1.92. The molecule has 1 aromatic heterocycles. The normalized spacial score (nSPS) is 10.7. The van der Waals surface area contributed by atoms with Crippen LogP contribution in [0.2, 0.25) is 0 Å². The molecule has 0 saturated heterocycles. The Morgan fingerprint density at radius 3 is 2.91 bits per heavy atom. The Hall–Kier alpha value is -1.31. The summed E-state index contributed by atoms with van der Waals surface area (Å²) in [5.74, 6) is 0.952. The van der Waals surface area contributed by atoms with E-state index >= 15 is 0 Å². The Morgan fingerprint density at radius 1 is 1.73 bits per heavy atom. The molecule has 0 spiro atoms. The zero-order valence-corrected chi connectivity index (χ0v) is 6.91. The van der Waals surface area contributed by atoms with Crippen molar-refractivity contribution in [3.05, 3.63) is 36.4 Å². The number of hydrogen-bond donors (Lipinski definition) is 0. The molecule has 0 atom stereocenters. The molecule has 0 aliphatic heterocycles. The molecule has 0 amide bonds. The van der Waals surface area contributed by atoms with Crippen molar-refractivity contribution < 1.29 is 0 Å². The fourth-order valence-corrected chi connectivity index (χ4v) is 0.755. The molecule has 0 radical (unpaired) electrons. The molecule has 0 aliphatic rings. The topological polar surface area (TPSA) is 17.8 Å². The van der Waals surface area contributed by atoms with E-state index in [1.165, 1.54) is 0 Å². The summed E-state index contributed by atoms with van der Waals surface area (Å²) in [6.07, 6.45) is 7.58. The SMILES string of the molecule is C=C(C)/C=C\c1nccn1C. The summed E-state index contributed by atoms with van der Waals surface area (Å²) in [5.41, 5.74) is 1.04. The van der Waals surface area contributed by atoms with E-state index in [4.69, 9.17) is 0 Å². The maximum absolute atomic E-state index is 4.12. The molecule has 0 bridgehead atoms. The van der Waals surface area contributed by atoms with Crippen LogP contribution in [0.15, 0.2) is 30.6 Å². The van der Waals surface area contributed by atoms with Gasteiger partial charge in [0.05, 0.1) is 0 Å². The first-order valence-electron chi connectivity index (χ1n) is 3.51. The first-order chi connectivity index (χ1) is 5.20. The monoisotopic (exact) mass is 148 g/mol. The third-order valence-corrected chi connectivity index (χ3v) is 1.38. The maximum atomic E-state index is 4.12. The van der Waals surface area contributed by atoms with E-state index in [1.807, 2.05) is 36.9 Å². The largest absolute Gasteiger partial charge is 0.335 e. The highest BCUT2D eigenvalue weighted by Gasteiger charge is 1.90. The van der Waals surface area contributed by atoms with Crippen molar-refractivity contribution in [2.24, 2.45) is 7.05 Å². The van der Waals surface area contributed by atoms with Crippen molar-refractivity contribution in [2.45, 2.75) is 6.92 Å². The maximum Gasteiger partial charge on any atom is 0.132 e. The average Bonchev–Trinajstić information content (AvgIpc) is 2.31. The van der Waals surface area contributed by atoms with Crippen molar-refractivity contribution in [1.29, 1.82) is 0 Å². The van der Waals surface area contributed by atoms with E-state index in [9.17, 15) is 0 Å². The first-order valence-corrected chi connectivity index (χ1v) is 3.51. The zero-order chi connectivity index (χ0) is 8.27. The van der Waals surface area contributed by atoms with Gasteiger partial charge in [-0.3, -0.25) is 0 Å². The lowest BCUT2D eigenvalue weighted by Crippen LogP contribution is -1.88. The third-order valence-electron chi connectivity index (χ3n) is 1.38. The number of aryl methyl sites for hydroxylation is 1. The van der Waals surface area contributed by atoms with Gasteiger partial charge in [-0.2, -0.15) is 0 Å². The number of imidazole rings is 1. The molecular formula is C9H12N2. The smallest absolute Gasteiger partial charge is 0.132 e. The molecule has 58 valence electrons. The van der Waals surface area contributed by atoms with Gasteiger partial charge in [-0.25, -0.2) is 4.98 Å². The van der Waals surface area contributed by atoms with Crippen LogP contribution in [0.1, 0.15) is 12.7 Å². The number of allylic oxidation sites excluding steroid dienone is 2. The van der Waals surface area contributed by atoms with Crippen molar-refractivity contribution in [3.8, 4) is 0 Å². The number of aromatic nitrogens is 2. The van der Waals surface area contributed by atoms with Crippen LogP contribution in [0.4, 0.5) is 0 Å². The highest BCUT2D eigenvalue weighted by molar-refractivity contribution is 5.44. The third kappa shape index (κ3) is 2.08. The minimum absolute atomic E-state index is 0.952. The zero-order valence-electron chi connectivity index (χ0n) is 6.91. The van der Waals surface area contributed by atoms with Gasteiger partial charge in [0, 0.05) is 19.4 Å². The minimum atomic E-state index is 0.952. The van der Waals surface area contributed by atoms with Gasteiger partial charge in [0.25, 0.3) is 0 Å². The molecule has 0 aromatic carbocycles. The van der Waals surface area contributed by atoms with Crippen LogP contribution in [0.5, 0.6) is 0 Å². The fourth-order valence-electron chi connectivity index (χ4n) is 0.755. The van der Waals surface area contributed by atoms with Gasteiger partial charge in [0.1, 0.15) is 5.82 Å². The summed E-state index contributed by atoms with van der Waals surface area (Å²) >= 11 is 0. The van der Waals surface area contributed by atoms with E-state index in [0.717, 1.165) is 11.4 Å². The predicted molar refractivity (Wildman–Crippen MR) is 47.1 cm³/mol. The summed E-state index contributed by atoms with van der Waals surface area (Å²) in [6, 6.07) is 0. The number of hydrogen-bond acceptors (Lipinski definition) is 1. The second-order valence-corrected chi connectivity index (χ2v) is 2.58. The molecule has 0 unspecified atom stereocenters. The van der Waals surface area contributed by atoms with Crippen LogP contribution in [-0.2, 0) is 7.05 Å². The molecule has 1 aromatic rings. The Morgan fingerprint density at radius 2 is 2.45 bits per heavy atom. The van der Waals surface area contributed by atoms with E-state index in [2.05, 4.69) is 11.6 Å². The quantitative estimate of drug-likeness (QED) is 0.586. The van der Waals surface area contributed by atoms with Gasteiger partial charge in [-0.05, 0) is 13.0 Å². The lowest BCUT2D eigenvalue weighted by molar-refractivity contribution is 0.897. The van der Waals surface area contributed by atoms with Crippen molar-refractivity contribution in [3.63, 3.8) is 0 Å². The fraction of sp³-hybridized carbons (Fsp3) is 0.222. The predicted octanol–water partition coefficient (Wildman–Crippen LogP) is 2.01. The Balaban J connectivity index is 2.79. The van der Waals surface area contributed by atoms with Crippen LogP contribution in [0.3, 0.4) is 0 Å². The molecular weight excluding hydrogens is 136 g/mol. The van der Waals surface area contributed by atoms with E-state index in [0.29, 0.717) is 0 Å². The van der Waals surface area contributed by atoms with Crippen LogP contribution in [0.25, 0.3) is 6.08 Å². The standard InChI is InChI=1S/C9H12N2/c1-8(2)4-5-9-10-6-7-11(9)3/h4-7H,1H2,2-3H3/b5-4-. The number of nitrogens with zero attached hydrogens (tertiary/aromatic N) is 2. The summed E-state index contributed by atoms with van der Waals surface area (Å²) in [4.78, 5) is 4.12. The molecule has 0 saturated carbocycles. The van der Waals surface area contributed by atoms with Gasteiger partial charge in [-0.15, -0.1) is 0 Å². The minimum Gasteiger partial charge on any atom is -0.335 e.